The van der Waals surface area contributed by atoms with Gasteiger partial charge in [-0.15, -0.1) is 0 Å². The second-order valence-electron chi connectivity index (χ2n) is 5.93. The molecule has 2 rings (SSSR count). The summed E-state index contributed by atoms with van der Waals surface area (Å²) >= 11 is 0. The fourth-order valence-electron chi connectivity index (χ4n) is 3.29. The van der Waals surface area contributed by atoms with Gasteiger partial charge in [-0.3, -0.25) is 4.90 Å². The highest BCUT2D eigenvalue weighted by atomic mass is 15.2. The standard InChI is InChI=1S/C15H30N2/c1-3-11-16-13-5-7-14(8-6-13)17(12-4-2)15-9-10-15/h13-16H,3-12H2,1-2H3. The molecule has 2 fully saturated rings. The van der Waals surface area contributed by atoms with Crippen LogP contribution in [-0.2, 0) is 0 Å². The molecule has 2 aliphatic carbocycles. The molecule has 2 heteroatoms. The van der Waals surface area contributed by atoms with Crippen LogP contribution in [0.4, 0.5) is 0 Å². The minimum Gasteiger partial charge on any atom is -0.314 e. The topological polar surface area (TPSA) is 15.3 Å². The average molecular weight is 238 g/mol. The van der Waals surface area contributed by atoms with Crippen molar-refractivity contribution in [1.29, 1.82) is 0 Å². The first-order valence-electron chi connectivity index (χ1n) is 7.84. The van der Waals surface area contributed by atoms with E-state index in [1.54, 1.807) is 0 Å². The Labute approximate surface area is 107 Å². The van der Waals surface area contributed by atoms with Crippen LogP contribution in [0.3, 0.4) is 0 Å². The maximum Gasteiger partial charge on any atom is 0.00993 e. The van der Waals surface area contributed by atoms with Crippen molar-refractivity contribution in [3.8, 4) is 0 Å². The van der Waals surface area contributed by atoms with E-state index in [2.05, 4.69) is 24.1 Å². The van der Waals surface area contributed by atoms with Gasteiger partial charge in [0.1, 0.15) is 0 Å². The Balaban J connectivity index is 1.72. The van der Waals surface area contributed by atoms with Crippen molar-refractivity contribution in [3.05, 3.63) is 0 Å². The first-order valence-corrected chi connectivity index (χ1v) is 7.84. The molecular weight excluding hydrogens is 208 g/mol. The van der Waals surface area contributed by atoms with E-state index >= 15 is 0 Å². The first-order chi connectivity index (χ1) is 8.35. The summed E-state index contributed by atoms with van der Waals surface area (Å²) in [6.45, 7) is 7.12. The van der Waals surface area contributed by atoms with E-state index in [4.69, 9.17) is 0 Å². The van der Waals surface area contributed by atoms with Gasteiger partial charge in [0.05, 0.1) is 0 Å². The van der Waals surface area contributed by atoms with Crippen LogP contribution in [0.5, 0.6) is 0 Å². The summed E-state index contributed by atoms with van der Waals surface area (Å²) in [5.41, 5.74) is 0. The lowest BCUT2D eigenvalue weighted by atomic mass is 9.90. The van der Waals surface area contributed by atoms with E-state index in [-0.39, 0.29) is 0 Å². The molecule has 2 saturated carbocycles. The van der Waals surface area contributed by atoms with Crippen molar-refractivity contribution in [2.45, 2.75) is 83.3 Å². The van der Waals surface area contributed by atoms with Crippen LogP contribution in [0.25, 0.3) is 0 Å². The normalized spacial score (nSPS) is 29.8. The molecule has 0 bridgehead atoms. The Morgan fingerprint density at radius 3 is 1.94 bits per heavy atom. The number of nitrogens with one attached hydrogen (secondary N) is 1. The van der Waals surface area contributed by atoms with Crippen molar-refractivity contribution < 1.29 is 0 Å². The van der Waals surface area contributed by atoms with Gasteiger partial charge < -0.3 is 5.32 Å². The zero-order valence-electron chi connectivity index (χ0n) is 11.8. The number of hydrogen-bond acceptors (Lipinski definition) is 2. The molecule has 2 aliphatic rings. The molecule has 0 atom stereocenters. The Kier molecular flexibility index (Phi) is 5.30. The van der Waals surface area contributed by atoms with Gasteiger partial charge in [-0.25, -0.2) is 0 Å². The molecule has 0 aliphatic heterocycles. The van der Waals surface area contributed by atoms with Gasteiger partial charge in [0, 0.05) is 18.1 Å². The summed E-state index contributed by atoms with van der Waals surface area (Å²) in [5.74, 6) is 0. The van der Waals surface area contributed by atoms with E-state index in [1.807, 2.05) is 0 Å². The highest BCUT2D eigenvalue weighted by Gasteiger charge is 2.34. The lowest BCUT2D eigenvalue weighted by molar-refractivity contribution is 0.135. The molecule has 17 heavy (non-hydrogen) atoms. The Morgan fingerprint density at radius 2 is 1.47 bits per heavy atom. The molecule has 0 unspecified atom stereocenters. The Bertz CT molecular complexity index is 205. The third-order valence-corrected chi connectivity index (χ3v) is 4.35. The molecule has 0 aromatic rings. The summed E-state index contributed by atoms with van der Waals surface area (Å²) in [6.07, 6.45) is 11.2. The Morgan fingerprint density at radius 1 is 0.882 bits per heavy atom. The summed E-state index contributed by atoms with van der Waals surface area (Å²) in [4.78, 5) is 2.83. The molecule has 1 N–H and O–H groups in total. The van der Waals surface area contributed by atoms with Crippen molar-refractivity contribution in [2.24, 2.45) is 0 Å². The second-order valence-corrected chi connectivity index (χ2v) is 5.93. The first kappa shape index (κ1) is 13.4. The highest BCUT2D eigenvalue weighted by molar-refractivity contribution is 4.91. The van der Waals surface area contributed by atoms with E-state index in [0.29, 0.717) is 0 Å². The quantitative estimate of drug-likeness (QED) is 0.733. The summed E-state index contributed by atoms with van der Waals surface area (Å²) < 4.78 is 0. The summed E-state index contributed by atoms with van der Waals surface area (Å²) in [6, 6.07) is 2.68. The predicted octanol–water partition coefficient (Wildman–Crippen LogP) is 3.17. The largest absolute Gasteiger partial charge is 0.314 e. The van der Waals surface area contributed by atoms with Gasteiger partial charge in [-0.2, -0.15) is 0 Å². The minimum absolute atomic E-state index is 0.814. The molecule has 0 spiro atoms. The Hall–Kier alpha value is -0.0800. The van der Waals surface area contributed by atoms with E-state index in [9.17, 15) is 0 Å². The SMILES string of the molecule is CCCNC1CCC(N(CCC)C2CC2)CC1. The van der Waals surface area contributed by atoms with Crippen LogP contribution in [0.1, 0.15) is 65.2 Å². The lowest BCUT2D eigenvalue weighted by Gasteiger charge is -2.37. The average Bonchev–Trinajstić information content (AvgIpc) is 3.18. The van der Waals surface area contributed by atoms with Crippen LogP contribution >= 0.6 is 0 Å². The van der Waals surface area contributed by atoms with Gasteiger partial charge in [0.25, 0.3) is 0 Å². The maximum absolute atomic E-state index is 3.69. The van der Waals surface area contributed by atoms with Gasteiger partial charge in [0.15, 0.2) is 0 Å². The predicted molar refractivity (Wildman–Crippen MR) is 74.4 cm³/mol. The van der Waals surface area contributed by atoms with Crippen molar-refractivity contribution in [1.82, 2.24) is 10.2 Å². The molecule has 2 nitrogen and oxygen atoms in total. The second kappa shape index (κ2) is 6.75. The third kappa shape index (κ3) is 3.96. The van der Waals surface area contributed by atoms with Crippen LogP contribution in [0, 0.1) is 0 Å². The maximum atomic E-state index is 3.69. The van der Waals surface area contributed by atoms with Crippen molar-refractivity contribution in [2.75, 3.05) is 13.1 Å². The van der Waals surface area contributed by atoms with E-state index < -0.39 is 0 Å². The fourth-order valence-corrected chi connectivity index (χ4v) is 3.29. The van der Waals surface area contributed by atoms with Crippen molar-refractivity contribution >= 4 is 0 Å². The third-order valence-electron chi connectivity index (χ3n) is 4.35. The highest BCUT2D eigenvalue weighted by Crippen LogP contribution is 2.33. The monoisotopic (exact) mass is 238 g/mol. The van der Waals surface area contributed by atoms with Crippen LogP contribution < -0.4 is 5.32 Å². The van der Waals surface area contributed by atoms with Crippen molar-refractivity contribution in [3.63, 3.8) is 0 Å². The van der Waals surface area contributed by atoms with Crippen LogP contribution in [0.15, 0.2) is 0 Å². The number of rotatable bonds is 7. The van der Waals surface area contributed by atoms with E-state index in [0.717, 1.165) is 18.1 Å². The molecule has 100 valence electrons. The van der Waals surface area contributed by atoms with Crippen LogP contribution in [0.2, 0.25) is 0 Å². The molecular formula is C15H30N2. The van der Waals surface area contributed by atoms with Gasteiger partial charge >= 0.3 is 0 Å². The molecule has 0 heterocycles. The molecule has 0 saturated heterocycles. The van der Waals surface area contributed by atoms with Crippen LogP contribution in [-0.4, -0.2) is 36.1 Å². The summed E-state index contributed by atoms with van der Waals surface area (Å²) in [7, 11) is 0. The molecule has 0 amide bonds. The minimum atomic E-state index is 0.814. The smallest absolute Gasteiger partial charge is 0.00993 e. The fraction of sp³-hybridized carbons (Fsp3) is 1.00. The zero-order chi connectivity index (χ0) is 12.1. The lowest BCUT2D eigenvalue weighted by Crippen LogP contribution is -2.43. The molecule has 0 radical (unpaired) electrons. The van der Waals surface area contributed by atoms with E-state index in [1.165, 1.54) is 64.5 Å². The number of hydrogen-bond donors (Lipinski definition) is 1. The number of nitrogens with zero attached hydrogens (tertiary/aromatic N) is 1. The molecule has 0 aromatic heterocycles. The van der Waals surface area contributed by atoms with Gasteiger partial charge in [-0.05, 0) is 64.5 Å². The van der Waals surface area contributed by atoms with Gasteiger partial charge in [0.2, 0.25) is 0 Å². The molecule has 0 aromatic carbocycles. The zero-order valence-corrected chi connectivity index (χ0v) is 11.8. The van der Waals surface area contributed by atoms with Gasteiger partial charge in [-0.1, -0.05) is 13.8 Å². The summed E-state index contributed by atoms with van der Waals surface area (Å²) in [5, 5.41) is 3.69.